The average Bonchev–Trinajstić information content (AvgIpc) is 2.59. The highest BCUT2D eigenvalue weighted by Crippen LogP contribution is 2.23. The molecule has 1 heterocycles. The smallest absolute Gasteiger partial charge is 0.145 e. The standard InChI is InChI=1S/C20H21NO2/c1-16-9-11-18(12-10-16)22-14-2-3-15-23-19-8-4-6-17-7-5-13-21-20(17)19/h4-13H,2-3,14-15H2,1H3. The molecule has 3 nitrogen and oxygen atoms in total. The van der Waals surface area contributed by atoms with Crippen molar-refractivity contribution in [2.24, 2.45) is 0 Å². The SMILES string of the molecule is Cc1ccc(OCCCCOc2cccc3cccnc23)cc1. The maximum atomic E-state index is 5.87. The molecule has 2 aromatic carbocycles. The number of fused-ring (bicyclic) bond motifs is 1. The number of hydrogen-bond donors (Lipinski definition) is 0. The molecule has 23 heavy (non-hydrogen) atoms. The Labute approximate surface area is 136 Å². The lowest BCUT2D eigenvalue weighted by molar-refractivity contribution is 0.268. The van der Waals surface area contributed by atoms with Crippen LogP contribution in [0.2, 0.25) is 0 Å². The quantitative estimate of drug-likeness (QED) is 0.589. The molecular weight excluding hydrogens is 286 g/mol. The molecule has 0 saturated heterocycles. The van der Waals surface area contributed by atoms with E-state index in [1.165, 1.54) is 5.56 Å². The first-order valence-electron chi connectivity index (χ1n) is 7.99. The number of pyridine rings is 1. The molecule has 3 aromatic rings. The summed E-state index contributed by atoms with van der Waals surface area (Å²) < 4.78 is 11.6. The van der Waals surface area contributed by atoms with Crippen molar-refractivity contribution < 1.29 is 9.47 Å². The van der Waals surface area contributed by atoms with Gasteiger partial charge in [0.15, 0.2) is 0 Å². The number of nitrogens with zero attached hydrogens (tertiary/aromatic N) is 1. The minimum absolute atomic E-state index is 0.674. The van der Waals surface area contributed by atoms with Crippen molar-refractivity contribution >= 4 is 10.9 Å². The van der Waals surface area contributed by atoms with Gasteiger partial charge in [0.1, 0.15) is 17.0 Å². The predicted octanol–water partition coefficient (Wildman–Crippen LogP) is 4.78. The van der Waals surface area contributed by atoms with E-state index in [-0.39, 0.29) is 0 Å². The van der Waals surface area contributed by atoms with Gasteiger partial charge >= 0.3 is 0 Å². The number of para-hydroxylation sites is 1. The van der Waals surface area contributed by atoms with Crippen molar-refractivity contribution in [1.29, 1.82) is 0 Å². The number of unbranched alkanes of at least 4 members (excludes halogenated alkanes) is 1. The number of ether oxygens (including phenoxy) is 2. The number of aryl methyl sites for hydroxylation is 1. The Morgan fingerprint density at radius 3 is 2.39 bits per heavy atom. The fourth-order valence-electron chi connectivity index (χ4n) is 2.40. The molecule has 118 valence electrons. The second-order valence-corrected chi connectivity index (χ2v) is 5.55. The molecular formula is C20H21NO2. The van der Waals surface area contributed by atoms with E-state index in [9.17, 15) is 0 Å². The molecule has 0 unspecified atom stereocenters. The van der Waals surface area contributed by atoms with Gasteiger partial charge in [0.25, 0.3) is 0 Å². The third kappa shape index (κ3) is 4.22. The van der Waals surface area contributed by atoms with Crippen LogP contribution in [0, 0.1) is 6.92 Å². The van der Waals surface area contributed by atoms with Crippen LogP contribution >= 0.6 is 0 Å². The number of rotatable bonds is 7. The normalized spacial score (nSPS) is 10.7. The van der Waals surface area contributed by atoms with E-state index >= 15 is 0 Å². The van der Waals surface area contributed by atoms with Gasteiger partial charge in [-0.3, -0.25) is 4.98 Å². The molecule has 3 heteroatoms. The van der Waals surface area contributed by atoms with E-state index < -0.39 is 0 Å². The van der Waals surface area contributed by atoms with Crippen molar-refractivity contribution in [2.75, 3.05) is 13.2 Å². The molecule has 0 fully saturated rings. The molecule has 0 bridgehead atoms. The first kappa shape index (κ1) is 15.3. The number of benzene rings is 2. The third-order valence-electron chi connectivity index (χ3n) is 3.68. The van der Waals surface area contributed by atoms with E-state index in [0.29, 0.717) is 13.2 Å². The summed E-state index contributed by atoms with van der Waals surface area (Å²) in [6.45, 7) is 3.45. The van der Waals surface area contributed by atoms with Crippen LogP contribution < -0.4 is 9.47 Å². The highest BCUT2D eigenvalue weighted by Gasteiger charge is 2.02. The van der Waals surface area contributed by atoms with Gasteiger partial charge in [-0.25, -0.2) is 0 Å². The molecule has 0 N–H and O–H groups in total. The van der Waals surface area contributed by atoms with Crippen LogP contribution in [0.25, 0.3) is 10.9 Å². The Bertz CT molecular complexity index is 748. The Kier molecular flexibility index (Phi) is 5.09. The second-order valence-electron chi connectivity index (χ2n) is 5.55. The second kappa shape index (κ2) is 7.63. The number of aromatic nitrogens is 1. The molecule has 0 atom stereocenters. The van der Waals surface area contributed by atoms with Crippen molar-refractivity contribution in [3.8, 4) is 11.5 Å². The van der Waals surface area contributed by atoms with Crippen LogP contribution in [-0.2, 0) is 0 Å². The Balaban J connectivity index is 1.42. The van der Waals surface area contributed by atoms with Gasteiger partial charge in [-0.05, 0) is 44.0 Å². The highest BCUT2D eigenvalue weighted by molar-refractivity contribution is 5.84. The van der Waals surface area contributed by atoms with Crippen molar-refractivity contribution in [3.63, 3.8) is 0 Å². The van der Waals surface area contributed by atoms with Gasteiger partial charge in [0.05, 0.1) is 13.2 Å². The van der Waals surface area contributed by atoms with Crippen LogP contribution in [0.1, 0.15) is 18.4 Å². The summed E-state index contributed by atoms with van der Waals surface area (Å²) in [7, 11) is 0. The van der Waals surface area contributed by atoms with E-state index in [2.05, 4.69) is 24.0 Å². The third-order valence-corrected chi connectivity index (χ3v) is 3.68. The summed E-state index contributed by atoms with van der Waals surface area (Å²) >= 11 is 0. The van der Waals surface area contributed by atoms with Gasteiger partial charge in [-0.2, -0.15) is 0 Å². The van der Waals surface area contributed by atoms with E-state index in [1.807, 2.05) is 42.5 Å². The van der Waals surface area contributed by atoms with Gasteiger partial charge in [0.2, 0.25) is 0 Å². The van der Waals surface area contributed by atoms with Gasteiger partial charge in [0, 0.05) is 11.6 Å². The Morgan fingerprint density at radius 1 is 0.826 bits per heavy atom. The van der Waals surface area contributed by atoms with Crippen LogP contribution in [0.15, 0.2) is 60.8 Å². The average molecular weight is 307 g/mol. The minimum atomic E-state index is 0.674. The lowest BCUT2D eigenvalue weighted by Gasteiger charge is -2.09. The molecule has 3 rings (SSSR count). The largest absolute Gasteiger partial charge is 0.494 e. The zero-order valence-corrected chi connectivity index (χ0v) is 13.4. The van der Waals surface area contributed by atoms with E-state index in [4.69, 9.17) is 9.47 Å². The number of hydrogen-bond acceptors (Lipinski definition) is 3. The zero-order valence-electron chi connectivity index (χ0n) is 13.4. The first-order chi connectivity index (χ1) is 11.3. The summed E-state index contributed by atoms with van der Waals surface area (Å²) in [4.78, 5) is 4.39. The van der Waals surface area contributed by atoms with Crippen molar-refractivity contribution in [1.82, 2.24) is 4.98 Å². The first-order valence-corrected chi connectivity index (χ1v) is 7.99. The van der Waals surface area contributed by atoms with E-state index in [1.54, 1.807) is 6.20 Å². The lowest BCUT2D eigenvalue weighted by Crippen LogP contribution is -2.03. The maximum Gasteiger partial charge on any atom is 0.145 e. The predicted molar refractivity (Wildman–Crippen MR) is 93.1 cm³/mol. The molecule has 0 amide bonds. The van der Waals surface area contributed by atoms with Crippen LogP contribution in [0.3, 0.4) is 0 Å². The highest BCUT2D eigenvalue weighted by atomic mass is 16.5. The summed E-state index contributed by atoms with van der Waals surface area (Å²) in [5, 5.41) is 1.10. The maximum absolute atomic E-state index is 5.87. The van der Waals surface area contributed by atoms with Gasteiger partial charge < -0.3 is 9.47 Å². The Morgan fingerprint density at radius 2 is 1.57 bits per heavy atom. The fraction of sp³-hybridized carbons (Fsp3) is 0.250. The van der Waals surface area contributed by atoms with E-state index in [0.717, 1.165) is 35.2 Å². The summed E-state index contributed by atoms with van der Waals surface area (Å²) in [5.74, 6) is 1.78. The molecule has 0 aliphatic heterocycles. The van der Waals surface area contributed by atoms with Gasteiger partial charge in [-0.15, -0.1) is 0 Å². The topological polar surface area (TPSA) is 31.4 Å². The van der Waals surface area contributed by atoms with Crippen molar-refractivity contribution in [2.45, 2.75) is 19.8 Å². The summed E-state index contributed by atoms with van der Waals surface area (Å²) in [5.41, 5.74) is 2.17. The van der Waals surface area contributed by atoms with Crippen LogP contribution in [0.5, 0.6) is 11.5 Å². The fourth-order valence-corrected chi connectivity index (χ4v) is 2.40. The molecule has 0 radical (unpaired) electrons. The Hall–Kier alpha value is -2.55. The van der Waals surface area contributed by atoms with Crippen molar-refractivity contribution in [3.05, 3.63) is 66.4 Å². The molecule has 0 saturated carbocycles. The lowest BCUT2D eigenvalue weighted by atomic mass is 10.2. The van der Waals surface area contributed by atoms with Crippen LogP contribution in [-0.4, -0.2) is 18.2 Å². The summed E-state index contributed by atoms with van der Waals surface area (Å²) in [6, 6.07) is 18.1. The molecule has 0 aliphatic rings. The molecule has 0 aliphatic carbocycles. The van der Waals surface area contributed by atoms with Crippen LogP contribution in [0.4, 0.5) is 0 Å². The molecule has 1 aromatic heterocycles. The zero-order chi connectivity index (χ0) is 15.9. The van der Waals surface area contributed by atoms with Gasteiger partial charge in [-0.1, -0.05) is 35.9 Å². The summed E-state index contributed by atoms with van der Waals surface area (Å²) in [6.07, 6.45) is 3.71. The molecule has 0 spiro atoms. The minimum Gasteiger partial charge on any atom is -0.494 e. The monoisotopic (exact) mass is 307 g/mol.